The summed E-state index contributed by atoms with van der Waals surface area (Å²) in [6.07, 6.45) is 1.74. The molecule has 1 aromatic rings. The highest BCUT2D eigenvalue weighted by Gasteiger charge is 2.26. The Kier molecular flexibility index (Phi) is 4.33. The molecule has 0 radical (unpaired) electrons. The summed E-state index contributed by atoms with van der Waals surface area (Å²) in [6.45, 7) is 1.70. The van der Waals surface area contributed by atoms with Gasteiger partial charge in [0.2, 0.25) is 0 Å². The van der Waals surface area contributed by atoms with Crippen LogP contribution in [0.2, 0.25) is 0 Å². The van der Waals surface area contributed by atoms with Crippen molar-refractivity contribution >= 4 is 5.91 Å². The molecule has 98 valence electrons. The second-order valence-electron chi connectivity index (χ2n) is 4.77. The van der Waals surface area contributed by atoms with Crippen LogP contribution in [0.25, 0.3) is 0 Å². The van der Waals surface area contributed by atoms with Gasteiger partial charge >= 0.3 is 0 Å². The van der Waals surface area contributed by atoms with Crippen molar-refractivity contribution in [2.24, 2.45) is 5.92 Å². The van der Waals surface area contributed by atoms with Crippen molar-refractivity contribution in [3.63, 3.8) is 0 Å². The lowest BCUT2D eigenvalue weighted by Gasteiger charge is -2.16. The van der Waals surface area contributed by atoms with Crippen LogP contribution in [0, 0.1) is 5.92 Å². The fourth-order valence-corrected chi connectivity index (χ4v) is 2.37. The minimum Gasteiger partial charge on any atom is -0.396 e. The van der Waals surface area contributed by atoms with Crippen molar-refractivity contribution in [3.05, 3.63) is 35.4 Å². The van der Waals surface area contributed by atoms with Crippen molar-refractivity contribution in [3.8, 4) is 0 Å². The molecule has 0 aliphatic carbocycles. The number of amides is 1. The summed E-state index contributed by atoms with van der Waals surface area (Å²) in [5.41, 5.74) is 1.47. The van der Waals surface area contributed by atoms with Crippen LogP contribution in [-0.2, 0) is 6.61 Å². The third-order valence-electron chi connectivity index (χ3n) is 3.49. The van der Waals surface area contributed by atoms with E-state index in [4.69, 9.17) is 10.2 Å². The molecule has 1 amide bonds. The maximum absolute atomic E-state index is 12.2. The lowest BCUT2D eigenvalue weighted by atomic mass is 10.1. The summed E-state index contributed by atoms with van der Waals surface area (Å²) in [7, 11) is 0. The topological polar surface area (TPSA) is 60.8 Å². The summed E-state index contributed by atoms with van der Waals surface area (Å²) in [5.74, 6) is 0.468. The van der Waals surface area contributed by atoms with Gasteiger partial charge in [0, 0.05) is 25.3 Å². The number of likely N-dealkylation sites (tertiary alicyclic amines) is 1. The average Bonchev–Trinajstić information content (AvgIpc) is 2.87. The molecule has 1 fully saturated rings. The van der Waals surface area contributed by atoms with E-state index in [1.165, 1.54) is 0 Å². The molecule has 0 saturated carbocycles. The summed E-state index contributed by atoms with van der Waals surface area (Å²) < 4.78 is 0. The van der Waals surface area contributed by atoms with Gasteiger partial charge in [-0.25, -0.2) is 0 Å². The Morgan fingerprint density at radius 3 is 2.61 bits per heavy atom. The maximum Gasteiger partial charge on any atom is 0.253 e. The van der Waals surface area contributed by atoms with E-state index in [1.54, 1.807) is 24.3 Å². The predicted octanol–water partition coefficient (Wildman–Crippen LogP) is 1.02. The number of carbonyl (C=O) groups is 1. The zero-order valence-corrected chi connectivity index (χ0v) is 10.4. The van der Waals surface area contributed by atoms with Gasteiger partial charge in [-0.1, -0.05) is 12.1 Å². The summed E-state index contributed by atoms with van der Waals surface area (Å²) in [6, 6.07) is 7.06. The molecule has 1 atom stereocenters. The van der Waals surface area contributed by atoms with E-state index in [2.05, 4.69) is 0 Å². The van der Waals surface area contributed by atoms with Crippen LogP contribution in [0.4, 0.5) is 0 Å². The first-order chi connectivity index (χ1) is 8.74. The van der Waals surface area contributed by atoms with E-state index >= 15 is 0 Å². The van der Waals surface area contributed by atoms with Crippen molar-refractivity contribution in [2.75, 3.05) is 19.7 Å². The van der Waals surface area contributed by atoms with E-state index in [0.717, 1.165) is 31.5 Å². The van der Waals surface area contributed by atoms with Gasteiger partial charge in [-0.05, 0) is 36.5 Å². The summed E-state index contributed by atoms with van der Waals surface area (Å²) in [5, 5.41) is 17.9. The highest BCUT2D eigenvalue weighted by atomic mass is 16.3. The molecule has 2 N–H and O–H groups in total. The van der Waals surface area contributed by atoms with Gasteiger partial charge < -0.3 is 15.1 Å². The van der Waals surface area contributed by atoms with E-state index in [9.17, 15) is 4.79 Å². The monoisotopic (exact) mass is 249 g/mol. The molecular formula is C14H19NO3. The SMILES string of the molecule is O=C(c1ccc(CO)cc1)N1CCC(CCO)C1. The van der Waals surface area contributed by atoms with Gasteiger partial charge in [0.05, 0.1) is 6.61 Å². The predicted molar refractivity (Wildman–Crippen MR) is 68.1 cm³/mol. The van der Waals surface area contributed by atoms with Crippen LogP contribution < -0.4 is 0 Å². The van der Waals surface area contributed by atoms with Crippen LogP contribution in [0.1, 0.15) is 28.8 Å². The molecule has 0 bridgehead atoms. The number of hydrogen-bond acceptors (Lipinski definition) is 3. The standard InChI is InChI=1S/C14H19NO3/c16-8-6-11-5-7-15(9-11)14(18)13-3-1-12(10-17)2-4-13/h1-4,11,16-17H,5-10H2. The molecule has 2 rings (SSSR count). The van der Waals surface area contributed by atoms with E-state index in [1.807, 2.05) is 4.90 Å². The zero-order valence-electron chi connectivity index (χ0n) is 10.4. The van der Waals surface area contributed by atoms with Gasteiger partial charge in [0.25, 0.3) is 5.91 Å². The zero-order chi connectivity index (χ0) is 13.0. The van der Waals surface area contributed by atoms with E-state index in [-0.39, 0.29) is 19.1 Å². The number of aliphatic hydroxyl groups is 2. The Hall–Kier alpha value is -1.39. The number of nitrogens with zero attached hydrogens (tertiary/aromatic N) is 1. The third kappa shape index (κ3) is 2.89. The third-order valence-corrected chi connectivity index (χ3v) is 3.49. The molecule has 18 heavy (non-hydrogen) atoms. The molecule has 0 aromatic heterocycles. The van der Waals surface area contributed by atoms with Crippen molar-refractivity contribution in [1.29, 1.82) is 0 Å². The fourth-order valence-electron chi connectivity index (χ4n) is 2.37. The molecule has 1 aliphatic rings. The molecule has 1 unspecified atom stereocenters. The summed E-state index contributed by atoms with van der Waals surface area (Å²) in [4.78, 5) is 14.0. The first kappa shape index (κ1) is 13.1. The van der Waals surface area contributed by atoms with Crippen molar-refractivity contribution < 1.29 is 15.0 Å². The van der Waals surface area contributed by atoms with Crippen LogP contribution in [-0.4, -0.2) is 40.7 Å². The largest absolute Gasteiger partial charge is 0.396 e. The summed E-state index contributed by atoms with van der Waals surface area (Å²) >= 11 is 0. The first-order valence-corrected chi connectivity index (χ1v) is 6.34. The number of hydrogen-bond donors (Lipinski definition) is 2. The minimum absolute atomic E-state index is 0.00322. The van der Waals surface area contributed by atoms with Gasteiger partial charge in [-0.2, -0.15) is 0 Å². The number of aliphatic hydroxyl groups excluding tert-OH is 2. The van der Waals surface area contributed by atoms with E-state index in [0.29, 0.717) is 11.5 Å². The Labute approximate surface area is 107 Å². The number of benzene rings is 1. The molecule has 0 spiro atoms. The molecule has 4 heteroatoms. The van der Waals surface area contributed by atoms with E-state index < -0.39 is 0 Å². The second-order valence-corrected chi connectivity index (χ2v) is 4.77. The Balaban J connectivity index is 1.98. The quantitative estimate of drug-likeness (QED) is 0.837. The number of carbonyl (C=O) groups excluding carboxylic acids is 1. The highest BCUT2D eigenvalue weighted by Crippen LogP contribution is 2.21. The average molecular weight is 249 g/mol. The molecule has 1 saturated heterocycles. The smallest absolute Gasteiger partial charge is 0.253 e. The molecular weight excluding hydrogens is 230 g/mol. The maximum atomic E-state index is 12.2. The Morgan fingerprint density at radius 1 is 1.28 bits per heavy atom. The molecule has 1 aliphatic heterocycles. The Bertz CT molecular complexity index is 402. The normalized spacial score (nSPS) is 19.2. The van der Waals surface area contributed by atoms with Crippen LogP contribution >= 0.6 is 0 Å². The second kappa shape index (κ2) is 5.98. The lowest BCUT2D eigenvalue weighted by molar-refractivity contribution is 0.0784. The number of rotatable bonds is 4. The minimum atomic E-state index is -0.00322. The Morgan fingerprint density at radius 2 is 2.00 bits per heavy atom. The lowest BCUT2D eigenvalue weighted by Crippen LogP contribution is -2.28. The van der Waals surface area contributed by atoms with Crippen LogP contribution in [0.15, 0.2) is 24.3 Å². The van der Waals surface area contributed by atoms with Crippen molar-refractivity contribution in [1.82, 2.24) is 4.90 Å². The van der Waals surface area contributed by atoms with Crippen LogP contribution in [0.5, 0.6) is 0 Å². The van der Waals surface area contributed by atoms with Crippen LogP contribution in [0.3, 0.4) is 0 Å². The highest BCUT2D eigenvalue weighted by molar-refractivity contribution is 5.94. The molecule has 1 heterocycles. The fraction of sp³-hybridized carbons (Fsp3) is 0.500. The van der Waals surface area contributed by atoms with Gasteiger partial charge in [-0.3, -0.25) is 4.79 Å². The van der Waals surface area contributed by atoms with Gasteiger partial charge in [0.15, 0.2) is 0 Å². The van der Waals surface area contributed by atoms with Gasteiger partial charge in [-0.15, -0.1) is 0 Å². The first-order valence-electron chi connectivity index (χ1n) is 6.34. The molecule has 4 nitrogen and oxygen atoms in total. The van der Waals surface area contributed by atoms with Gasteiger partial charge in [0.1, 0.15) is 0 Å². The van der Waals surface area contributed by atoms with Crippen molar-refractivity contribution in [2.45, 2.75) is 19.4 Å². The molecule has 1 aromatic carbocycles.